The van der Waals surface area contributed by atoms with Gasteiger partial charge < -0.3 is 10.1 Å². The average molecular weight is 341 g/mol. The van der Waals surface area contributed by atoms with Crippen molar-refractivity contribution < 1.29 is 18.8 Å². The summed E-state index contributed by atoms with van der Waals surface area (Å²) in [5.74, 6) is -1.01. The first-order valence-electron chi connectivity index (χ1n) is 6.95. The maximum Gasteiger partial charge on any atom is 0.296 e. The number of nitriles is 1. The molecule has 7 nitrogen and oxygen atoms in total. The van der Waals surface area contributed by atoms with Crippen molar-refractivity contribution in [3.8, 4) is 11.8 Å². The quantitative estimate of drug-likeness (QED) is 0.389. The molecule has 0 unspecified atom stereocenters. The zero-order valence-corrected chi connectivity index (χ0v) is 13.0. The van der Waals surface area contributed by atoms with Crippen molar-refractivity contribution in [3.05, 3.63) is 69.5 Å². The Morgan fingerprint density at radius 2 is 2.00 bits per heavy atom. The molecule has 2 aromatic carbocycles. The Balaban J connectivity index is 2.30. The Bertz CT molecular complexity index is 886. The maximum absolute atomic E-state index is 12.9. The average Bonchev–Trinajstić information content (AvgIpc) is 2.61. The number of rotatable bonds is 5. The zero-order valence-electron chi connectivity index (χ0n) is 13.0. The fraction of sp³-hybridized carbons (Fsp3) is 0.0588. The molecule has 0 saturated heterocycles. The third kappa shape index (κ3) is 4.39. The predicted molar refractivity (Wildman–Crippen MR) is 88.3 cm³/mol. The summed E-state index contributed by atoms with van der Waals surface area (Å²) in [4.78, 5) is 22.7. The van der Waals surface area contributed by atoms with E-state index in [1.54, 1.807) is 6.07 Å². The fourth-order valence-corrected chi connectivity index (χ4v) is 1.96. The van der Waals surface area contributed by atoms with Gasteiger partial charge in [-0.1, -0.05) is 12.1 Å². The van der Waals surface area contributed by atoms with Crippen LogP contribution in [0.5, 0.6) is 5.75 Å². The molecule has 0 aromatic heterocycles. The summed E-state index contributed by atoms with van der Waals surface area (Å²) in [7, 11) is 1.36. The summed E-state index contributed by atoms with van der Waals surface area (Å²) in [6.07, 6.45) is 1.25. The lowest BCUT2D eigenvalue weighted by molar-refractivity contribution is -0.384. The van der Waals surface area contributed by atoms with Crippen molar-refractivity contribution in [1.82, 2.24) is 0 Å². The Kier molecular flexibility index (Phi) is 5.43. The van der Waals surface area contributed by atoms with Crippen molar-refractivity contribution in [2.24, 2.45) is 0 Å². The van der Waals surface area contributed by atoms with Crippen LogP contribution in [0.2, 0.25) is 0 Å². The van der Waals surface area contributed by atoms with Crippen LogP contribution >= 0.6 is 0 Å². The van der Waals surface area contributed by atoms with E-state index in [2.05, 4.69) is 5.32 Å². The molecule has 0 bridgehead atoms. The lowest BCUT2D eigenvalue weighted by Crippen LogP contribution is -2.14. The smallest absolute Gasteiger partial charge is 0.296 e. The van der Waals surface area contributed by atoms with Gasteiger partial charge in [-0.15, -0.1) is 0 Å². The monoisotopic (exact) mass is 341 g/mol. The highest BCUT2D eigenvalue weighted by Crippen LogP contribution is 2.29. The SMILES string of the molecule is COc1ccc(NC(=O)/C(C#N)=C/c2ccc(F)cc2)c([N+](=O)[O-])c1. The molecule has 1 amide bonds. The Morgan fingerprint density at radius 3 is 2.56 bits per heavy atom. The first kappa shape index (κ1) is 17.6. The molecular weight excluding hydrogens is 329 g/mol. The standard InChI is InChI=1S/C17H12FN3O4/c1-25-14-6-7-15(16(9-14)21(23)24)20-17(22)12(10-19)8-11-2-4-13(18)5-3-11/h2-9H,1H3,(H,20,22)/b12-8+. The van der Waals surface area contributed by atoms with Gasteiger partial charge in [-0.3, -0.25) is 14.9 Å². The summed E-state index contributed by atoms with van der Waals surface area (Å²) < 4.78 is 17.8. The molecule has 0 aliphatic heterocycles. The van der Waals surface area contributed by atoms with E-state index in [1.807, 2.05) is 0 Å². The van der Waals surface area contributed by atoms with Crippen LogP contribution in [-0.4, -0.2) is 17.9 Å². The number of halogens is 1. The third-order valence-corrected chi connectivity index (χ3v) is 3.20. The lowest BCUT2D eigenvalue weighted by atomic mass is 10.1. The second kappa shape index (κ2) is 7.70. The summed E-state index contributed by atoms with van der Waals surface area (Å²) >= 11 is 0. The number of benzene rings is 2. The highest BCUT2D eigenvalue weighted by Gasteiger charge is 2.19. The number of nitro groups is 1. The Morgan fingerprint density at radius 1 is 1.32 bits per heavy atom. The van der Waals surface area contributed by atoms with Crippen LogP contribution < -0.4 is 10.1 Å². The third-order valence-electron chi connectivity index (χ3n) is 3.20. The van der Waals surface area contributed by atoms with E-state index < -0.39 is 16.6 Å². The van der Waals surface area contributed by atoms with Gasteiger partial charge in [0.15, 0.2) is 0 Å². The molecule has 2 aromatic rings. The molecule has 25 heavy (non-hydrogen) atoms. The number of hydrogen-bond donors (Lipinski definition) is 1. The summed E-state index contributed by atoms with van der Waals surface area (Å²) in [6.45, 7) is 0. The van der Waals surface area contributed by atoms with Crippen molar-refractivity contribution in [2.45, 2.75) is 0 Å². The van der Waals surface area contributed by atoms with Crippen molar-refractivity contribution in [2.75, 3.05) is 12.4 Å². The van der Waals surface area contributed by atoms with Gasteiger partial charge >= 0.3 is 0 Å². The van der Waals surface area contributed by atoms with Crippen LogP contribution in [0.4, 0.5) is 15.8 Å². The number of methoxy groups -OCH3 is 1. The molecule has 0 saturated carbocycles. The van der Waals surface area contributed by atoms with Gasteiger partial charge in [-0.25, -0.2) is 4.39 Å². The molecule has 0 fully saturated rings. The molecule has 0 atom stereocenters. The predicted octanol–water partition coefficient (Wildman–Crippen LogP) is 3.29. The molecule has 0 heterocycles. The largest absolute Gasteiger partial charge is 0.496 e. The molecule has 1 N–H and O–H groups in total. The van der Waals surface area contributed by atoms with Crippen molar-refractivity contribution >= 4 is 23.4 Å². The van der Waals surface area contributed by atoms with Crippen LogP contribution in [0.25, 0.3) is 6.08 Å². The second-order valence-electron chi connectivity index (χ2n) is 4.82. The molecule has 0 aliphatic rings. The van der Waals surface area contributed by atoms with E-state index in [9.17, 15) is 19.3 Å². The Hall–Kier alpha value is -3.73. The van der Waals surface area contributed by atoms with Crippen LogP contribution in [0.1, 0.15) is 5.56 Å². The number of carbonyl (C=O) groups is 1. The number of nitrogens with zero attached hydrogens (tertiary/aromatic N) is 2. The molecule has 0 spiro atoms. The molecule has 126 valence electrons. The van der Waals surface area contributed by atoms with Gasteiger partial charge in [0, 0.05) is 0 Å². The topological polar surface area (TPSA) is 105 Å². The number of anilines is 1. The Labute approximate surface area is 142 Å². The first-order chi connectivity index (χ1) is 11.9. The van der Waals surface area contributed by atoms with E-state index >= 15 is 0 Å². The van der Waals surface area contributed by atoms with E-state index in [0.717, 1.165) is 6.07 Å². The molecule has 0 radical (unpaired) electrons. The van der Waals surface area contributed by atoms with E-state index in [-0.39, 0.29) is 22.7 Å². The number of ether oxygens (including phenoxy) is 1. The van der Waals surface area contributed by atoms with Gasteiger partial charge in [-0.2, -0.15) is 5.26 Å². The summed E-state index contributed by atoms with van der Waals surface area (Å²) in [5.41, 5.74) is -0.281. The minimum Gasteiger partial charge on any atom is -0.496 e. The normalized spacial score (nSPS) is 10.7. The first-order valence-corrected chi connectivity index (χ1v) is 6.95. The highest BCUT2D eigenvalue weighted by molar-refractivity contribution is 6.10. The van der Waals surface area contributed by atoms with Crippen LogP contribution in [0.3, 0.4) is 0 Å². The van der Waals surface area contributed by atoms with Crippen molar-refractivity contribution in [1.29, 1.82) is 5.26 Å². The minimum absolute atomic E-state index is 0.0731. The summed E-state index contributed by atoms with van der Waals surface area (Å²) in [6, 6.07) is 10.8. The number of nitrogens with one attached hydrogen (secondary N) is 1. The zero-order chi connectivity index (χ0) is 18.4. The van der Waals surface area contributed by atoms with Gasteiger partial charge in [0.05, 0.1) is 18.1 Å². The van der Waals surface area contributed by atoms with Gasteiger partial charge in [0.25, 0.3) is 11.6 Å². The fourth-order valence-electron chi connectivity index (χ4n) is 1.96. The summed E-state index contributed by atoms with van der Waals surface area (Å²) in [5, 5.41) is 22.6. The van der Waals surface area contributed by atoms with Gasteiger partial charge in [-0.05, 0) is 35.9 Å². The number of amides is 1. The van der Waals surface area contributed by atoms with Gasteiger partial charge in [0.2, 0.25) is 0 Å². The van der Waals surface area contributed by atoms with Crippen LogP contribution in [0.15, 0.2) is 48.0 Å². The molecular formula is C17H12FN3O4. The molecule has 0 aliphatic carbocycles. The van der Waals surface area contributed by atoms with E-state index in [4.69, 9.17) is 10.00 Å². The number of hydrogen-bond acceptors (Lipinski definition) is 5. The van der Waals surface area contributed by atoms with Gasteiger partial charge in [0.1, 0.15) is 28.9 Å². The van der Waals surface area contributed by atoms with Crippen molar-refractivity contribution in [3.63, 3.8) is 0 Å². The maximum atomic E-state index is 12.9. The highest BCUT2D eigenvalue weighted by atomic mass is 19.1. The van der Waals surface area contributed by atoms with Crippen LogP contribution in [0, 0.1) is 27.3 Å². The molecule has 2 rings (SSSR count). The number of carbonyl (C=O) groups excluding carboxylic acids is 1. The lowest BCUT2D eigenvalue weighted by Gasteiger charge is -2.07. The molecule has 8 heteroatoms. The van der Waals surface area contributed by atoms with Crippen LogP contribution in [-0.2, 0) is 4.79 Å². The van der Waals surface area contributed by atoms with E-state index in [0.29, 0.717) is 5.56 Å². The second-order valence-corrected chi connectivity index (χ2v) is 4.82. The van der Waals surface area contributed by atoms with E-state index in [1.165, 1.54) is 49.6 Å². The minimum atomic E-state index is -0.819. The number of nitro benzene ring substituents is 1.